The molecule has 2 aromatic rings. The van der Waals surface area contributed by atoms with Crippen LogP contribution in [0, 0.1) is 5.82 Å². The van der Waals surface area contributed by atoms with Gasteiger partial charge in [0, 0.05) is 11.6 Å². The number of benzene rings is 2. The molecule has 0 spiro atoms. The zero-order chi connectivity index (χ0) is 12.4. The van der Waals surface area contributed by atoms with E-state index >= 15 is 0 Å². The molecule has 0 amide bonds. The summed E-state index contributed by atoms with van der Waals surface area (Å²) in [4.78, 5) is 0. The van der Waals surface area contributed by atoms with Crippen LogP contribution in [0.3, 0.4) is 0 Å². The summed E-state index contributed by atoms with van der Waals surface area (Å²) in [5.41, 5.74) is 0.523. The third-order valence-corrected chi connectivity index (χ3v) is 2.70. The number of rotatable bonds is 3. The molecule has 0 saturated carbocycles. The fourth-order valence-corrected chi connectivity index (χ4v) is 1.74. The predicted molar refractivity (Wildman–Crippen MR) is 63.3 cm³/mol. The van der Waals surface area contributed by atoms with Crippen LogP contribution < -0.4 is 14.2 Å². The lowest BCUT2D eigenvalue weighted by Crippen LogP contribution is -1.98. The molecule has 0 aromatic heterocycles. The van der Waals surface area contributed by atoms with E-state index in [1.165, 1.54) is 6.07 Å². The molecule has 92 valence electrons. The summed E-state index contributed by atoms with van der Waals surface area (Å²) in [7, 11) is 0. The highest BCUT2D eigenvalue weighted by Crippen LogP contribution is 2.35. The molecule has 0 atom stereocenters. The first-order valence-corrected chi connectivity index (χ1v) is 5.59. The molecule has 4 heteroatoms. The Morgan fingerprint density at radius 2 is 1.89 bits per heavy atom. The van der Waals surface area contributed by atoms with Crippen molar-refractivity contribution < 1.29 is 18.6 Å². The minimum Gasteiger partial charge on any atom is -0.489 e. The fourth-order valence-electron chi connectivity index (χ4n) is 1.74. The van der Waals surface area contributed by atoms with E-state index in [0.29, 0.717) is 22.8 Å². The minimum atomic E-state index is -0.266. The second-order valence-electron chi connectivity index (χ2n) is 3.90. The highest BCUT2D eigenvalue weighted by molar-refractivity contribution is 5.46. The SMILES string of the molecule is Fc1ccccc1COc1ccc2c(c1)OCO2. The predicted octanol–water partition coefficient (Wildman–Crippen LogP) is 3.13. The van der Waals surface area contributed by atoms with Gasteiger partial charge < -0.3 is 14.2 Å². The van der Waals surface area contributed by atoms with Crippen molar-refractivity contribution in [2.45, 2.75) is 6.61 Å². The Morgan fingerprint density at radius 1 is 1.06 bits per heavy atom. The largest absolute Gasteiger partial charge is 0.489 e. The molecule has 0 saturated heterocycles. The maximum Gasteiger partial charge on any atom is 0.231 e. The second kappa shape index (κ2) is 4.56. The van der Waals surface area contributed by atoms with E-state index in [0.717, 1.165) is 0 Å². The monoisotopic (exact) mass is 246 g/mol. The van der Waals surface area contributed by atoms with Gasteiger partial charge in [-0.1, -0.05) is 18.2 Å². The quantitative estimate of drug-likeness (QED) is 0.832. The van der Waals surface area contributed by atoms with E-state index in [-0.39, 0.29) is 19.2 Å². The Bertz CT molecular complexity index is 569. The topological polar surface area (TPSA) is 27.7 Å². The van der Waals surface area contributed by atoms with Crippen molar-refractivity contribution in [2.75, 3.05) is 6.79 Å². The smallest absolute Gasteiger partial charge is 0.231 e. The summed E-state index contributed by atoms with van der Waals surface area (Å²) >= 11 is 0. The van der Waals surface area contributed by atoms with Crippen LogP contribution in [0.5, 0.6) is 17.2 Å². The summed E-state index contributed by atoms with van der Waals surface area (Å²) in [6, 6.07) is 11.8. The lowest BCUT2D eigenvalue weighted by Gasteiger charge is -2.07. The van der Waals surface area contributed by atoms with Gasteiger partial charge in [-0.15, -0.1) is 0 Å². The van der Waals surface area contributed by atoms with E-state index in [1.807, 2.05) is 0 Å². The number of hydrogen-bond acceptors (Lipinski definition) is 3. The first kappa shape index (κ1) is 10.9. The fraction of sp³-hybridized carbons (Fsp3) is 0.143. The van der Waals surface area contributed by atoms with Crippen LogP contribution in [-0.2, 0) is 6.61 Å². The Labute approximate surface area is 104 Å². The Balaban J connectivity index is 1.72. The highest BCUT2D eigenvalue weighted by Gasteiger charge is 2.13. The van der Waals surface area contributed by atoms with Gasteiger partial charge in [0.25, 0.3) is 0 Å². The molecule has 3 rings (SSSR count). The average molecular weight is 246 g/mol. The third kappa shape index (κ3) is 2.09. The van der Waals surface area contributed by atoms with Crippen LogP contribution in [0.4, 0.5) is 4.39 Å². The van der Waals surface area contributed by atoms with Crippen LogP contribution in [-0.4, -0.2) is 6.79 Å². The van der Waals surface area contributed by atoms with Gasteiger partial charge >= 0.3 is 0 Å². The van der Waals surface area contributed by atoms with Gasteiger partial charge in [0.2, 0.25) is 6.79 Å². The number of fused-ring (bicyclic) bond motifs is 1. The average Bonchev–Trinajstić information content (AvgIpc) is 2.85. The summed E-state index contributed by atoms with van der Waals surface area (Å²) < 4.78 is 29.3. The molecule has 0 N–H and O–H groups in total. The molecule has 2 aromatic carbocycles. The number of hydrogen-bond donors (Lipinski definition) is 0. The van der Waals surface area contributed by atoms with Crippen LogP contribution in [0.25, 0.3) is 0 Å². The minimum absolute atomic E-state index is 0.187. The molecule has 1 aliphatic heterocycles. The third-order valence-electron chi connectivity index (χ3n) is 2.70. The van der Waals surface area contributed by atoms with Crippen LogP contribution >= 0.6 is 0 Å². The van der Waals surface area contributed by atoms with Gasteiger partial charge in [-0.2, -0.15) is 0 Å². The van der Waals surface area contributed by atoms with E-state index in [1.54, 1.807) is 36.4 Å². The first-order valence-electron chi connectivity index (χ1n) is 5.59. The molecular weight excluding hydrogens is 235 g/mol. The van der Waals surface area contributed by atoms with Gasteiger partial charge in [-0.25, -0.2) is 4.39 Å². The molecule has 0 bridgehead atoms. The first-order chi connectivity index (χ1) is 8.83. The second-order valence-corrected chi connectivity index (χ2v) is 3.90. The standard InChI is InChI=1S/C14H11FO3/c15-12-4-2-1-3-10(12)8-16-11-5-6-13-14(7-11)18-9-17-13/h1-7H,8-9H2. The van der Waals surface area contributed by atoms with Crippen molar-refractivity contribution in [3.8, 4) is 17.2 Å². The molecule has 0 fully saturated rings. The van der Waals surface area contributed by atoms with Gasteiger partial charge in [0.1, 0.15) is 18.2 Å². The molecule has 0 unspecified atom stereocenters. The summed E-state index contributed by atoms with van der Waals surface area (Å²) in [6.07, 6.45) is 0. The lowest BCUT2D eigenvalue weighted by molar-refractivity contribution is 0.173. The summed E-state index contributed by atoms with van der Waals surface area (Å²) in [5, 5.41) is 0. The van der Waals surface area contributed by atoms with Gasteiger partial charge in [-0.3, -0.25) is 0 Å². The Hall–Kier alpha value is -2.23. The summed E-state index contributed by atoms with van der Waals surface area (Å²) in [6.45, 7) is 0.415. The van der Waals surface area contributed by atoms with Crippen LogP contribution in [0.2, 0.25) is 0 Å². The normalized spacial score (nSPS) is 12.5. The molecule has 1 heterocycles. The number of halogens is 1. The van der Waals surface area contributed by atoms with Gasteiger partial charge in [-0.05, 0) is 18.2 Å². The Morgan fingerprint density at radius 3 is 2.78 bits per heavy atom. The van der Waals surface area contributed by atoms with Crippen molar-refractivity contribution in [3.63, 3.8) is 0 Å². The van der Waals surface area contributed by atoms with Crippen LogP contribution in [0.1, 0.15) is 5.56 Å². The van der Waals surface area contributed by atoms with E-state index in [4.69, 9.17) is 14.2 Å². The summed E-state index contributed by atoms with van der Waals surface area (Å²) in [5.74, 6) is 1.72. The molecule has 3 nitrogen and oxygen atoms in total. The molecule has 0 radical (unpaired) electrons. The van der Waals surface area contributed by atoms with E-state index < -0.39 is 0 Å². The molecule has 18 heavy (non-hydrogen) atoms. The zero-order valence-corrected chi connectivity index (χ0v) is 9.56. The zero-order valence-electron chi connectivity index (χ0n) is 9.56. The maximum atomic E-state index is 13.4. The molecule has 0 aliphatic carbocycles. The van der Waals surface area contributed by atoms with Crippen molar-refractivity contribution in [2.24, 2.45) is 0 Å². The highest BCUT2D eigenvalue weighted by atomic mass is 19.1. The molecular formula is C14H11FO3. The Kier molecular flexibility index (Phi) is 2.76. The van der Waals surface area contributed by atoms with Crippen molar-refractivity contribution >= 4 is 0 Å². The van der Waals surface area contributed by atoms with Crippen molar-refractivity contribution in [1.82, 2.24) is 0 Å². The van der Waals surface area contributed by atoms with Gasteiger partial charge in [0.15, 0.2) is 11.5 Å². The molecule has 1 aliphatic rings. The maximum absolute atomic E-state index is 13.4. The lowest BCUT2D eigenvalue weighted by atomic mass is 10.2. The van der Waals surface area contributed by atoms with Crippen LogP contribution in [0.15, 0.2) is 42.5 Å². The number of ether oxygens (including phenoxy) is 3. The van der Waals surface area contributed by atoms with Gasteiger partial charge in [0.05, 0.1) is 0 Å². The van der Waals surface area contributed by atoms with E-state index in [9.17, 15) is 4.39 Å². The van der Waals surface area contributed by atoms with E-state index in [2.05, 4.69) is 0 Å². The van der Waals surface area contributed by atoms with Crippen molar-refractivity contribution in [1.29, 1.82) is 0 Å². The van der Waals surface area contributed by atoms with Crippen molar-refractivity contribution in [3.05, 3.63) is 53.8 Å².